The van der Waals surface area contributed by atoms with Gasteiger partial charge in [0.15, 0.2) is 5.69 Å². The molecule has 0 radical (unpaired) electrons. The van der Waals surface area contributed by atoms with Gasteiger partial charge in [0.2, 0.25) is 0 Å². The molecule has 1 aromatic carbocycles. The van der Waals surface area contributed by atoms with Gasteiger partial charge in [-0.05, 0) is 31.7 Å². The fourth-order valence-corrected chi connectivity index (χ4v) is 2.85. The Balaban J connectivity index is 1.70. The molecule has 0 saturated heterocycles. The summed E-state index contributed by atoms with van der Waals surface area (Å²) in [6, 6.07) is 7.68. The number of hydrazone groups is 1. The Kier molecular flexibility index (Phi) is 4.15. The number of fused-ring (bicyclic) bond motifs is 1. The van der Waals surface area contributed by atoms with E-state index < -0.39 is 0 Å². The summed E-state index contributed by atoms with van der Waals surface area (Å²) < 4.78 is 0.931. The van der Waals surface area contributed by atoms with Crippen molar-refractivity contribution in [3.63, 3.8) is 0 Å². The number of halogens is 1. The number of amides is 1. The second kappa shape index (κ2) is 6.22. The van der Waals surface area contributed by atoms with Crippen LogP contribution in [0.25, 0.3) is 0 Å². The van der Waals surface area contributed by atoms with Crippen LogP contribution >= 0.6 is 15.9 Å². The van der Waals surface area contributed by atoms with Gasteiger partial charge in [-0.3, -0.25) is 9.89 Å². The van der Waals surface area contributed by atoms with Crippen molar-refractivity contribution in [2.75, 3.05) is 0 Å². The van der Waals surface area contributed by atoms with E-state index in [0.29, 0.717) is 5.69 Å². The molecule has 1 aromatic heterocycles. The van der Waals surface area contributed by atoms with E-state index in [9.17, 15) is 4.79 Å². The average Bonchev–Trinajstić information content (AvgIpc) is 2.93. The highest BCUT2D eigenvalue weighted by molar-refractivity contribution is 9.10. The Bertz CT molecular complexity index is 693. The minimum Gasteiger partial charge on any atom is -0.281 e. The van der Waals surface area contributed by atoms with Crippen LogP contribution in [0.4, 0.5) is 0 Å². The first-order valence-electron chi connectivity index (χ1n) is 6.90. The summed E-state index contributed by atoms with van der Waals surface area (Å²) in [6.45, 7) is 0. The molecule has 0 bridgehead atoms. The van der Waals surface area contributed by atoms with Gasteiger partial charge in [0.05, 0.1) is 6.21 Å². The molecule has 21 heavy (non-hydrogen) atoms. The lowest BCUT2D eigenvalue weighted by molar-refractivity contribution is 0.0949. The number of rotatable bonds is 3. The molecule has 108 valence electrons. The number of nitrogens with one attached hydrogen (secondary N) is 2. The highest BCUT2D eigenvalue weighted by atomic mass is 79.9. The fraction of sp³-hybridized carbons (Fsp3) is 0.267. The van der Waals surface area contributed by atoms with Crippen LogP contribution in [0, 0.1) is 0 Å². The van der Waals surface area contributed by atoms with E-state index in [1.54, 1.807) is 6.21 Å². The van der Waals surface area contributed by atoms with Crippen LogP contribution in [0.5, 0.6) is 0 Å². The Labute approximate surface area is 131 Å². The van der Waals surface area contributed by atoms with Gasteiger partial charge in [0, 0.05) is 21.3 Å². The number of carbonyl (C=O) groups is 1. The molecule has 6 heteroatoms. The summed E-state index contributed by atoms with van der Waals surface area (Å²) in [5.74, 6) is -0.266. The van der Waals surface area contributed by atoms with Crippen molar-refractivity contribution in [2.24, 2.45) is 5.10 Å². The van der Waals surface area contributed by atoms with Crippen molar-refractivity contribution < 1.29 is 4.79 Å². The van der Waals surface area contributed by atoms with Crippen molar-refractivity contribution in [2.45, 2.75) is 25.7 Å². The largest absolute Gasteiger partial charge is 0.292 e. The van der Waals surface area contributed by atoms with Crippen LogP contribution in [0.1, 0.15) is 40.2 Å². The van der Waals surface area contributed by atoms with Gasteiger partial charge < -0.3 is 0 Å². The van der Waals surface area contributed by atoms with Gasteiger partial charge in [-0.15, -0.1) is 0 Å². The molecular weight excluding hydrogens is 332 g/mol. The molecule has 5 nitrogen and oxygen atoms in total. The summed E-state index contributed by atoms with van der Waals surface area (Å²) in [7, 11) is 0. The normalized spacial score (nSPS) is 14.1. The number of hydrogen-bond acceptors (Lipinski definition) is 3. The van der Waals surface area contributed by atoms with Gasteiger partial charge in [-0.2, -0.15) is 10.2 Å². The molecule has 2 aromatic rings. The molecule has 0 aliphatic heterocycles. The number of carbonyl (C=O) groups excluding carboxylic acids is 1. The summed E-state index contributed by atoms with van der Waals surface area (Å²) in [5.41, 5.74) is 6.03. The zero-order chi connectivity index (χ0) is 14.7. The van der Waals surface area contributed by atoms with Crippen molar-refractivity contribution in [3.8, 4) is 0 Å². The number of aromatic nitrogens is 2. The van der Waals surface area contributed by atoms with E-state index in [1.807, 2.05) is 24.3 Å². The zero-order valence-electron chi connectivity index (χ0n) is 11.4. The molecule has 0 spiro atoms. The topological polar surface area (TPSA) is 70.1 Å². The smallest absolute Gasteiger partial charge is 0.281 e. The molecular formula is C15H15BrN4O. The van der Waals surface area contributed by atoms with E-state index in [2.05, 4.69) is 36.7 Å². The quantitative estimate of drug-likeness (QED) is 0.662. The van der Waals surface area contributed by atoms with E-state index in [-0.39, 0.29) is 5.91 Å². The summed E-state index contributed by atoms with van der Waals surface area (Å²) in [4.78, 5) is 12.1. The number of nitrogens with zero attached hydrogens (tertiary/aromatic N) is 2. The second-order valence-electron chi connectivity index (χ2n) is 4.96. The van der Waals surface area contributed by atoms with Crippen molar-refractivity contribution in [3.05, 3.63) is 51.3 Å². The first-order chi connectivity index (χ1) is 10.3. The Morgan fingerprint density at radius 3 is 3.00 bits per heavy atom. The fourth-order valence-electron chi connectivity index (χ4n) is 2.46. The predicted octanol–water partition coefficient (Wildman–Crippen LogP) is 2.81. The van der Waals surface area contributed by atoms with Gasteiger partial charge in [-0.25, -0.2) is 5.43 Å². The van der Waals surface area contributed by atoms with Crippen LogP contribution in [0.15, 0.2) is 33.8 Å². The van der Waals surface area contributed by atoms with Crippen LogP contribution < -0.4 is 5.43 Å². The Morgan fingerprint density at radius 2 is 2.14 bits per heavy atom. The Morgan fingerprint density at radius 1 is 1.33 bits per heavy atom. The molecule has 2 N–H and O–H groups in total. The van der Waals surface area contributed by atoms with E-state index >= 15 is 0 Å². The van der Waals surface area contributed by atoms with Gasteiger partial charge in [0.25, 0.3) is 5.91 Å². The van der Waals surface area contributed by atoms with Gasteiger partial charge in [0.1, 0.15) is 0 Å². The standard InChI is InChI=1S/C15H15BrN4O/c16-12-7-3-1-5-10(12)9-17-20-15(21)14-11-6-2-4-8-13(11)18-19-14/h1,3,5,7,9H,2,4,6,8H2,(H,18,19)(H,20,21). The van der Waals surface area contributed by atoms with Crippen LogP contribution in [-0.2, 0) is 12.8 Å². The van der Waals surface area contributed by atoms with E-state index in [4.69, 9.17) is 0 Å². The molecule has 1 aliphatic carbocycles. The molecule has 3 rings (SSSR count). The first kappa shape index (κ1) is 14.0. The highest BCUT2D eigenvalue weighted by Crippen LogP contribution is 2.21. The summed E-state index contributed by atoms with van der Waals surface area (Å²) >= 11 is 3.43. The summed E-state index contributed by atoms with van der Waals surface area (Å²) in [6.07, 6.45) is 5.74. The van der Waals surface area contributed by atoms with E-state index in [0.717, 1.165) is 47.0 Å². The lowest BCUT2D eigenvalue weighted by Gasteiger charge is -2.10. The lowest BCUT2D eigenvalue weighted by atomic mass is 9.96. The predicted molar refractivity (Wildman–Crippen MR) is 84.4 cm³/mol. The maximum Gasteiger partial charge on any atom is 0.292 e. The van der Waals surface area contributed by atoms with E-state index in [1.165, 1.54) is 0 Å². The van der Waals surface area contributed by atoms with Crippen LogP contribution in [0.2, 0.25) is 0 Å². The molecule has 0 saturated carbocycles. The highest BCUT2D eigenvalue weighted by Gasteiger charge is 2.21. The van der Waals surface area contributed by atoms with Crippen molar-refractivity contribution in [1.82, 2.24) is 15.6 Å². The molecule has 1 amide bonds. The minimum absolute atomic E-state index is 0.266. The molecule has 1 heterocycles. The number of aryl methyl sites for hydroxylation is 1. The SMILES string of the molecule is O=C(NN=Cc1ccccc1Br)c1n[nH]c2c1CCCC2. The molecule has 1 aliphatic rings. The van der Waals surface area contributed by atoms with Crippen LogP contribution in [0.3, 0.4) is 0 Å². The maximum atomic E-state index is 12.1. The molecule has 0 fully saturated rings. The molecule has 0 atom stereocenters. The third-order valence-corrected chi connectivity index (χ3v) is 4.27. The van der Waals surface area contributed by atoms with Crippen molar-refractivity contribution >= 4 is 28.1 Å². The number of aromatic amines is 1. The third kappa shape index (κ3) is 3.05. The summed E-state index contributed by atoms with van der Waals surface area (Å²) in [5, 5.41) is 11.1. The second-order valence-corrected chi connectivity index (χ2v) is 5.81. The molecule has 0 unspecified atom stereocenters. The van der Waals surface area contributed by atoms with Crippen LogP contribution in [-0.4, -0.2) is 22.3 Å². The number of hydrogen-bond donors (Lipinski definition) is 2. The zero-order valence-corrected chi connectivity index (χ0v) is 13.0. The minimum atomic E-state index is -0.266. The monoisotopic (exact) mass is 346 g/mol. The maximum absolute atomic E-state index is 12.1. The average molecular weight is 347 g/mol. The third-order valence-electron chi connectivity index (χ3n) is 3.55. The lowest BCUT2D eigenvalue weighted by Crippen LogP contribution is -2.20. The van der Waals surface area contributed by atoms with Crippen molar-refractivity contribution in [1.29, 1.82) is 0 Å². The van der Waals surface area contributed by atoms with Gasteiger partial charge in [-0.1, -0.05) is 34.1 Å². The Hall–Kier alpha value is -1.95. The first-order valence-corrected chi connectivity index (χ1v) is 7.69. The van der Waals surface area contributed by atoms with Gasteiger partial charge >= 0.3 is 0 Å². The number of H-pyrrole nitrogens is 1. The number of benzene rings is 1.